The van der Waals surface area contributed by atoms with E-state index in [-0.39, 0.29) is 0 Å². The van der Waals surface area contributed by atoms with E-state index < -0.39 is 0 Å². The molecule has 5 nitrogen and oxygen atoms in total. The third-order valence-corrected chi connectivity index (χ3v) is 7.79. The van der Waals surface area contributed by atoms with Crippen LogP contribution in [0.1, 0.15) is 70.4 Å². The molecule has 1 aromatic heterocycles. The summed E-state index contributed by atoms with van der Waals surface area (Å²) in [6, 6.07) is 9.01. The molecule has 0 amide bonds. The Labute approximate surface area is 179 Å². The normalized spacial score (nSPS) is 26.7. The van der Waals surface area contributed by atoms with Crippen molar-refractivity contribution in [2.45, 2.75) is 65.3 Å². The largest absolute Gasteiger partial charge is 0.353 e. The van der Waals surface area contributed by atoms with Crippen molar-refractivity contribution in [2.24, 2.45) is 16.7 Å². The highest BCUT2D eigenvalue weighted by Gasteiger charge is 2.62. The molecule has 5 rings (SSSR count). The van der Waals surface area contributed by atoms with Crippen molar-refractivity contribution in [3.05, 3.63) is 41.7 Å². The van der Waals surface area contributed by atoms with Crippen LogP contribution < -0.4 is 10.2 Å². The lowest BCUT2D eigenvalue weighted by Crippen LogP contribution is -2.35. The topological polar surface area (TPSA) is 64.9 Å². The highest BCUT2D eigenvalue weighted by Crippen LogP contribution is 2.75. The van der Waals surface area contributed by atoms with Crippen LogP contribution in [0.25, 0.3) is 0 Å². The molecule has 3 unspecified atom stereocenters. The lowest BCUT2D eigenvalue weighted by molar-refractivity contribution is 0.230. The summed E-state index contributed by atoms with van der Waals surface area (Å²) in [5.74, 6) is 3.14. The number of aromatic nitrogens is 2. The van der Waals surface area contributed by atoms with Gasteiger partial charge >= 0.3 is 0 Å². The van der Waals surface area contributed by atoms with Gasteiger partial charge in [-0.25, -0.2) is 9.97 Å². The summed E-state index contributed by atoms with van der Waals surface area (Å²) in [5.41, 5.74) is 4.18. The van der Waals surface area contributed by atoms with E-state index in [0.717, 1.165) is 29.4 Å². The number of nitrogens with zero attached hydrogens (tertiary/aromatic N) is 3. The Morgan fingerprint density at radius 1 is 1.20 bits per heavy atom. The van der Waals surface area contributed by atoms with Crippen LogP contribution in [0.5, 0.6) is 0 Å². The summed E-state index contributed by atoms with van der Waals surface area (Å²) >= 11 is 0. The van der Waals surface area contributed by atoms with Gasteiger partial charge in [-0.05, 0) is 66.9 Å². The van der Waals surface area contributed by atoms with Crippen molar-refractivity contribution >= 4 is 23.5 Å². The Bertz CT molecular complexity index is 972. The highest BCUT2D eigenvalue weighted by molar-refractivity contribution is 5.87. The van der Waals surface area contributed by atoms with Crippen molar-refractivity contribution in [3.63, 3.8) is 0 Å². The Morgan fingerprint density at radius 3 is 2.63 bits per heavy atom. The number of nitrogens with one attached hydrogen (secondary N) is 2. The van der Waals surface area contributed by atoms with Gasteiger partial charge in [0.05, 0.1) is 0 Å². The molecule has 1 saturated heterocycles. The minimum absolute atomic E-state index is 0.295. The fraction of sp³-hybridized carbons (Fsp3) is 0.560. The van der Waals surface area contributed by atoms with Gasteiger partial charge < -0.3 is 15.6 Å². The maximum atomic E-state index is 7.81. The molecule has 2 saturated carbocycles. The third kappa shape index (κ3) is 3.38. The zero-order chi connectivity index (χ0) is 21.1. The van der Waals surface area contributed by atoms with E-state index in [9.17, 15) is 0 Å². The molecule has 0 radical (unpaired) electrons. The minimum atomic E-state index is 0.295. The van der Waals surface area contributed by atoms with Crippen molar-refractivity contribution in [1.82, 2.24) is 9.97 Å². The Hall–Kier alpha value is -2.43. The number of benzene rings is 1. The smallest absolute Gasteiger partial charge is 0.135 e. The molecule has 3 atom stereocenters. The van der Waals surface area contributed by atoms with Crippen LogP contribution >= 0.6 is 0 Å². The zero-order valence-electron chi connectivity index (χ0n) is 18.6. The third-order valence-electron chi connectivity index (χ3n) is 7.79. The van der Waals surface area contributed by atoms with Crippen LogP contribution in [-0.4, -0.2) is 28.8 Å². The Kier molecular flexibility index (Phi) is 4.42. The average Bonchev–Trinajstić information content (AvgIpc) is 3.60. The SMILES string of the molecule is CC1C(C(C)(C)C)CCN1c1cc(Nc2cc(C3CC34CC4)ccc2C=N)ncn1. The molecule has 1 aliphatic heterocycles. The molecule has 2 N–H and O–H groups in total. The van der Waals surface area contributed by atoms with Crippen molar-refractivity contribution in [1.29, 1.82) is 5.41 Å². The van der Waals surface area contributed by atoms with Gasteiger partial charge in [-0.15, -0.1) is 0 Å². The van der Waals surface area contributed by atoms with Crippen LogP contribution in [0.4, 0.5) is 17.3 Å². The second kappa shape index (κ2) is 6.79. The summed E-state index contributed by atoms with van der Waals surface area (Å²) in [7, 11) is 0. The second-order valence-electron chi connectivity index (χ2n) is 10.7. The molecule has 1 spiro atoms. The highest BCUT2D eigenvalue weighted by atomic mass is 15.2. The van der Waals surface area contributed by atoms with Gasteiger partial charge in [0, 0.05) is 36.1 Å². The maximum Gasteiger partial charge on any atom is 0.135 e. The Balaban J connectivity index is 1.38. The van der Waals surface area contributed by atoms with Gasteiger partial charge in [-0.1, -0.05) is 32.9 Å². The molecule has 2 heterocycles. The maximum absolute atomic E-state index is 7.81. The average molecular weight is 404 g/mol. The molecule has 3 aliphatic rings. The predicted molar refractivity (Wildman–Crippen MR) is 123 cm³/mol. The second-order valence-corrected chi connectivity index (χ2v) is 10.7. The first-order chi connectivity index (χ1) is 14.3. The van der Waals surface area contributed by atoms with Crippen LogP contribution in [0.2, 0.25) is 0 Å². The van der Waals surface area contributed by atoms with E-state index in [1.54, 1.807) is 6.33 Å². The zero-order valence-corrected chi connectivity index (χ0v) is 18.6. The van der Waals surface area contributed by atoms with Crippen molar-refractivity contribution < 1.29 is 0 Å². The van der Waals surface area contributed by atoms with Gasteiger partial charge in [0.2, 0.25) is 0 Å². The molecule has 2 aromatic rings. The fourth-order valence-corrected chi connectivity index (χ4v) is 5.69. The quantitative estimate of drug-likeness (QED) is 0.624. The van der Waals surface area contributed by atoms with E-state index in [2.05, 4.69) is 72.1 Å². The molecule has 158 valence electrons. The standard InChI is InChI=1S/C25H33N5/c1-16-19(24(2,3)4)7-10-30(16)23-12-22(27-15-28-23)29-21-11-17(5-6-18(21)14-26)20-13-25(20)8-9-25/h5-6,11-12,14-16,19-20,26H,7-10,13H2,1-4H3,(H,27,28,29). The first kappa shape index (κ1) is 19.5. The number of hydrogen-bond acceptors (Lipinski definition) is 5. The molecule has 2 aliphatic carbocycles. The van der Waals surface area contributed by atoms with Gasteiger partial charge in [-0.2, -0.15) is 0 Å². The van der Waals surface area contributed by atoms with Crippen LogP contribution in [-0.2, 0) is 0 Å². The number of hydrogen-bond donors (Lipinski definition) is 2. The first-order valence-electron chi connectivity index (χ1n) is 11.3. The molecular formula is C25H33N5. The molecule has 0 bridgehead atoms. The minimum Gasteiger partial charge on any atom is -0.353 e. The molecule has 1 aromatic carbocycles. The lowest BCUT2D eigenvalue weighted by Gasteiger charge is -2.33. The summed E-state index contributed by atoms with van der Waals surface area (Å²) in [6.45, 7) is 10.4. The first-order valence-corrected chi connectivity index (χ1v) is 11.3. The summed E-state index contributed by atoms with van der Waals surface area (Å²) in [4.78, 5) is 11.5. The predicted octanol–water partition coefficient (Wildman–Crippen LogP) is 5.75. The van der Waals surface area contributed by atoms with Gasteiger partial charge in [0.1, 0.15) is 18.0 Å². The van der Waals surface area contributed by atoms with Crippen molar-refractivity contribution in [2.75, 3.05) is 16.8 Å². The number of rotatable bonds is 5. The number of anilines is 3. The van der Waals surface area contributed by atoms with E-state index in [0.29, 0.717) is 28.7 Å². The summed E-state index contributed by atoms with van der Waals surface area (Å²) in [5, 5.41) is 11.3. The van der Waals surface area contributed by atoms with Gasteiger partial charge in [0.15, 0.2) is 0 Å². The lowest BCUT2D eigenvalue weighted by atomic mass is 9.77. The molecule has 3 fully saturated rings. The van der Waals surface area contributed by atoms with Gasteiger partial charge in [-0.3, -0.25) is 0 Å². The van der Waals surface area contributed by atoms with E-state index >= 15 is 0 Å². The molecular weight excluding hydrogens is 370 g/mol. The van der Waals surface area contributed by atoms with Crippen LogP contribution in [0.3, 0.4) is 0 Å². The monoisotopic (exact) mass is 403 g/mol. The molecule has 5 heteroatoms. The van der Waals surface area contributed by atoms with Crippen molar-refractivity contribution in [3.8, 4) is 0 Å². The molecule has 30 heavy (non-hydrogen) atoms. The van der Waals surface area contributed by atoms with E-state index in [1.807, 2.05) is 0 Å². The summed E-state index contributed by atoms with van der Waals surface area (Å²) < 4.78 is 0. The van der Waals surface area contributed by atoms with Gasteiger partial charge in [0.25, 0.3) is 0 Å². The Morgan fingerprint density at radius 2 is 2.00 bits per heavy atom. The van der Waals surface area contributed by atoms with E-state index in [4.69, 9.17) is 5.41 Å². The summed E-state index contributed by atoms with van der Waals surface area (Å²) in [6.07, 6.45) is 8.36. The fourth-order valence-electron chi connectivity index (χ4n) is 5.69. The van der Waals surface area contributed by atoms with Crippen LogP contribution in [0.15, 0.2) is 30.6 Å². The van der Waals surface area contributed by atoms with Crippen LogP contribution in [0, 0.1) is 22.2 Å². The van der Waals surface area contributed by atoms with E-state index in [1.165, 1.54) is 37.5 Å².